The van der Waals surface area contributed by atoms with E-state index in [1.54, 1.807) is 33.8 Å². The van der Waals surface area contributed by atoms with E-state index in [1.807, 2.05) is 6.92 Å². The molecule has 1 amide bonds. The number of halogens is 1. The number of ether oxygens (including phenoxy) is 2. The van der Waals surface area contributed by atoms with Crippen molar-refractivity contribution in [3.63, 3.8) is 0 Å². The van der Waals surface area contributed by atoms with Crippen LogP contribution < -0.4 is 10.1 Å². The number of anilines is 1. The Morgan fingerprint density at radius 3 is 2.63 bits per heavy atom. The Bertz CT molecular complexity index is 470. The number of aromatic nitrogens is 1. The van der Waals surface area contributed by atoms with E-state index in [0.717, 1.165) is 0 Å². The van der Waals surface area contributed by atoms with E-state index in [-0.39, 0.29) is 5.15 Å². The Morgan fingerprint density at radius 2 is 2.11 bits per heavy atom. The minimum atomic E-state index is -0.558. The zero-order valence-electron chi connectivity index (χ0n) is 11.8. The Hall–Kier alpha value is -1.49. The highest BCUT2D eigenvalue weighted by atomic mass is 35.5. The van der Waals surface area contributed by atoms with Crippen molar-refractivity contribution in [2.24, 2.45) is 0 Å². The lowest BCUT2D eigenvalue weighted by Gasteiger charge is -2.20. The Balaban J connectivity index is 2.92. The maximum atomic E-state index is 11.7. The molecule has 0 aliphatic rings. The molecule has 1 aromatic rings. The van der Waals surface area contributed by atoms with Crippen molar-refractivity contribution in [3.8, 4) is 5.88 Å². The number of nitrogens with zero attached hydrogens (tertiary/aromatic N) is 1. The number of hydrogen-bond donors (Lipinski definition) is 1. The third-order valence-electron chi connectivity index (χ3n) is 2.11. The Morgan fingerprint density at radius 1 is 1.47 bits per heavy atom. The summed E-state index contributed by atoms with van der Waals surface area (Å²) >= 11 is 5.89. The van der Waals surface area contributed by atoms with Crippen LogP contribution in [0.15, 0.2) is 6.07 Å². The van der Waals surface area contributed by atoms with E-state index < -0.39 is 11.7 Å². The van der Waals surface area contributed by atoms with E-state index in [2.05, 4.69) is 10.3 Å². The van der Waals surface area contributed by atoms with Crippen LogP contribution >= 0.6 is 11.6 Å². The van der Waals surface area contributed by atoms with E-state index in [9.17, 15) is 4.79 Å². The summed E-state index contributed by atoms with van der Waals surface area (Å²) in [6, 6.07) is 1.56. The molecule has 1 N–H and O–H groups in total. The minimum absolute atomic E-state index is 0.250. The first-order chi connectivity index (χ1) is 8.73. The summed E-state index contributed by atoms with van der Waals surface area (Å²) in [6.07, 6.45) is -0.541. The summed E-state index contributed by atoms with van der Waals surface area (Å²) in [5, 5.41) is 2.89. The Labute approximate surface area is 118 Å². The van der Waals surface area contributed by atoms with Crippen LogP contribution in [0.3, 0.4) is 0 Å². The van der Waals surface area contributed by atoms with Gasteiger partial charge in [-0.2, -0.15) is 0 Å². The number of hydrogen-bond acceptors (Lipinski definition) is 4. The Kier molecular flexibility index (Phi) is 5.00. The summed E-state index contributed by atoms with van der Waals surface area (Å²) in [6.45, 7) is 9.50. The van der Waals surface area contributed by atoms with Gasteiger partial charge in [0.25, 0.3) is 0 Å². The highest BCUT2D eigenvalue weighted by Gasteiger charge is 2.18. The van der Waals surface area contributed by atoms with Crippen LogP contribution in [0.1, 0.15) is 33.3 Å². The van der Waals surface area contributed by atoms with E-state index in [1.165, 1.54) is 0 Å². The van der Waals surface area contributed by atoms with Crippen molar-refractivity contribution in [2.45, 2.75) is 40.2 Å². The molecule has 106 valence electrons. The first kappa shape index (κ1) is 15.6. The van der Waals surface area contributed by atoms with Gasteiger partial charge in [-0.25, -0.2) is 9.78 Å². The van der Waals surface area contributed by atoms with E-state index >= 15 is 0 Å². The molecule has 0 spiro atoms. The third kappa shape index (κ3) is 4.95. The second kappa shape index (κ2) is 6.10. The molecule has 0 unspecified atom stereocenters. The molecule has 0 aromatic carbocycles. The normalized spacial score (nSPS) is 11.1. The van der Waals surface area contributed by atoms with Gasteiger partial charge in [0.2, 0.25) is 5.88 Å². The fourth-order valence-corrected chi connectivity index (χ4v) is 1.56. The number of amides is 1. The number of rotatable bonds is 3. The van der Waals surface area contributed by atoms with E-state index in [4.69, 9.17) is 21.1 Å². The van der Waals surface area contributed by atoms with Crippen molar-refractivity contribution in [2.75, 3.05) is 11.9 Å². The molecule has 0 saturated heterocycles. The van der Waals surface area contributed by atoms with Crippen LogP contribution in [0.25, 0.3) is 0 Å². The number of carbonyl (C=O) groups excluding carboxylic acids is 1. The van der Waals surface area contributed by atoms with Crippen LogP contribution in [-0.4, -0.2) is 23.3 Å². The topological polar surface area (TPSA) is 60.5 Å². The second-order valence-electron chi connectivity index (χ2n) is 4.98. The van der Waals surface area contributed by atoms with Crippen molar-refractivity contribution in [3.05, 3.63) is 16.8 Å². The lowest BCUT2D eigenvalue weighted by Crippen LogP contribution is -2.27. The predicted octanol–water partition coefficient (Wildman–Crippen LogP) is 3.79. The average Bonchev–Trinajstić information content (AvgIpc) is 2.22. The summed E-state index contributed by atoms with van der Waals surface area (Å²) in [5.41, 5.74) is 0.673. The van der Waals surface area contributed by atoms with Crippen LogP contribution in [0, 0.1) is 6.92 Å². The molecular weight excluding hydrogens is 268 g/mol. The predicted molar refractivity (Wildman–Crippen MR) is 75.0 cm³/mol. The monoisotopic (exact) mass is 286 g/mol. The lowest BCUT2D eigenvalue weighted by atomic mass is 10.2. The van der Waals surface area contributed by atoms with Gasteiger partial charge in [-0.05, 0) is 40.7 Å². The molecule has 0 atom stereocenters. The largest absolute Gasteiger partial charge is 0.478 e. The molecule has 6 heteroatoms. The van der Waals surface area contributed by atoms with Gasteiger partial charge in [0.05, 0.1) is 12.3 Å². The van der Waals surface area contributed by atoms with Crippen molar-refractivity contribution >= 4 is 23.4 Å². The van der Waals surface area contributed by atoms with Crippen molar-refractivity contribution < 1.29 is 14.3 Å². The third-order valence-corrected chi connectivity index (χ3v) is 2.31. The first-order valence-electron chi connectivity index (χ1n) is 6.03. The van der Waals surface area contributed by atoms with Crippen LogP contribution in [0.5, 0.6) is 5.88 Å². The van der Waals surface area contributed by atoms with Crippen molar-refractivity contribution in [1.29, 1.82) is 0 Å². The minimum Gasteiger partial charge on any atom is -0.478 e. The van der Waals surface area contributed by atoms with Crippen molar-refractivity contribution in [1.82, 2.24) is 4.98 Å². The fraction of sp³-hybridized carbons (Fsp3) is 0.538. The molecule has 0 fully saturated rings. The molecule has 0 bridgehead atoms. The number of pyridine rings is 1. The highest BCUT2D eigenvalue weighted by molar-refractivity contribution is 6.29. The lowest BCUT2D eigenvalue weighted by molar-refractivity contribution is 0.0636. The standard InChI is InChI=1S/C13H19ClN2O3/c1-6-18-11-8(2)9(7-10(14)16-11)15-12(17)19-13(3,4)5/h7H,6H2,1-5H3,(H,15,16,17). The quantitative estimate of drug-likeness (QED) is 0.859. The van der Waals surface area contributed by atoms with E-state index in [0.29, 0.717) is 23.7 Å². The van der Waals surface area contributed by atoms with Crippen LogP contribution in [-0.2, 0) is 4.74 Å². The molecule has 19 heavy (non-hydrogen) atoms. The van der Waals surface area contributed by atoms with Crippen LogP contribution in [0.2, 0.25) is 5.15 Å². The average molecular weight is 287 g/mol. The van der Waals surface area contributed by atoms with Gasteiger partial charge in [0, 0.05) is 5.56 Å². The van der Waals surface area contributed by atoms with Gasteiger partial charge in [0.1, 0.15) is 10.8 Å². The van der Waals surface area contributed by atoms with Gasteiger partial charge in [-0.1, -0.05) is 11.6 Å². The zero-order valence-corrected chi connectivity index (χ0v) is 12.6. The molecule has 0 saturated carbocycles. The summed E-state index contributed by atoms with van der Waals surface area (Å²) in [5.74, 6) is 0.404. The summed E-state index contributed by atoms with van der Waals surface area (Å²) in [4.78, 5) is 15.8. The summed E-state index contributed by atoms with van der Waals surface area (Å²) in [7, 11) is 0. The maximum absolute atomic E-state index is 11.7. The number of nitrogens with one attached hydrogen (secondary N) is 1. The first-order valence-corrected chi connectivity index (χ1v) is 6.40. The molecule has 1 heterocycles. The zero-order chi connectivity index (χ0) is 14.6. The van der Waals surface area contributed by atoms with Gasteiger partial charge >= 0.3 is 6.09 Å². The molecule has 5 nitrogen and oxygen atoms in total. The SMILES string of the molecule is CCOc1nc(Cl)cc(NC(=O)OC(C)(C)C)c1C. The second-order valence-corrected chi connectivity index (χ2v) is 5.37. The van der Waals surface area contributed by atoms with Gasteiger partial charge < -0.3 is 9.47 Å². The number of carbonyl (C=O) groups is 1. The smallest absolute Gasteiger partial charge is 0.412 e. The summed E-state index contributed by atoms with van der Waals surface area (Å²) < 4.78 is 10.5. The molecule has 1 aromatic heterocycles. The fourth-order valence-electron chi connectivity index (χ4n) is 1.38. The molecular formula is C13H19ClN2O3. The molecule has 0 aliphatic carbocycles. The highest BCUT2D eigenvalue weighted by Crippen LogP contribution is 2.27. The molecule has 0 radical (unpaired) electrons. The molecule has 1 rings (SSSR count). The maximum Gasteiger partial charge on any atom is 0.412 e. The van der Waals surface area contributed by atoms with Gasteiger partial charge in [-0.15, -0.1) is 0 Å². The molecule has 0 aliphatic heterocycles. The van der Waals surface area contributed by atoms with Gasteiger partial charge in [0.15, 0.2) is 0 Å². The van der Waals surface area contributed by atoms with Gasteiger partial charge in [-0.3, -0.25) is 5.32 Å². The van der Waals surface area contributed by atoms with Crippen LogP contribution in [0.4, 0.5) is 10.5 Å².